The van der Waals surface area contributed by atoms with E-state index in [4.69, 9.17) is 4.74 Å². The van der Waals surface area contributed by atoms with Crippen LogP contribution >= 0.6 is 0 Å². The summed E-state index contributed by atoms with van der Waals surface area (Å²) >= 11 is 0. The van der Waals surface area contributed by atoms with Crippen LogP contribution in [0.25, 0.3) is 0 Å². The van der Waals surface area contributed by atoms with Crippen LogP contribution in [0.5, 0.6) is 11.6 Å². The molecule has 0 saturated carbocycles. The molecular weight excluding hydrogens is 190 g/mol. The van der Waals surface area contributed by atoms with Gasteiger partial charge in [0.15, 0.2) is 0 Å². The first-order chi connectivity index (χ1) is 6.93. The highest BCUT2D eigenvalue weighted by molar-refractivity contribution is 6.69. The minimum absolute atomic E-state index is 0.382. The maximum absolute atomic E-state index is 5.70. The van der Waals surface area contributed by atoms with Gasteiger partial charge in [0.1, 0.15) is 5.75 Å². The molecule has 14 heavy (non-hydrogen) atoms. The Balaban J connectivity index is 2.12. The predicted molar refractivity (Wildman–Crippen MR) is 58.6 cm³/mol. The number of ether oxygens (including phenoxy) is 1. The molecule has 0 saturated heterocycles. The van der Waals surface area contributed by atoms with E-state index in [2.05, 4.69) is 23.2 Å². The Bertz CT molecular complexity index is 397. The fourth-order valence-corrected chi connectivity index (χ4v) is 3.31. The third kappa shape index (κ3) is 1.14. The average molecular weight is 199 g/mol. The van der Waals surface area contributed by atoms with Gasteiger partial charge in [0, 0.05) is 6.20 Å². The molecule has 1 aliphatic heterocycles. The van der Waals surface area contributed by atoms with Crippen LogP contribution in [0.3, 0.4) is 0 Å². The SMILES string of the molecule is c1ccc2c(c1)Oc1ncccc1[SiH2]2. The van der Waals surface area contributed by atoms with Crippen molar-refractivity contribution in [3.8, 4) is 11.6 Å². The van der Waals surface area contributed by atoms with Gasteiger partial charge >= 0.3 is 0 Å². The summed E-state index contributed by atoms with van der Waals surface area (Å²) in [5, 5.41) is 2.67. The van der Waals surface area contributed by atoms with Gasteiger partial charge < -0.3 is 4.74 Å². The lowest BCUT2D eigenvalue weighted by Crippen LogP contribution is -2.34. The molecule has 0 spiro atoms. The number of hydrogen-bond acceptors (Lipinski definition) is 2. The van der Waals surface area contributed by atoms with Gasteiger partial charge in [-0.3, -0.25) is 0 Å². The van der Waals surface area contributed by atoms with Gasteiger partial charge in [-0.15, -0.1) is 0 Å². The van der Waals surface area contributed by atoms with Crippen LogP contribution < -0.4 is 15.1 Å². The Morgan fingerprint density at radius 2 is 1.86 bits per heavy atom. The zero-order valence-corrected chi connectivity index (χ0v) is 9.02. The van der Waals surface area contributed by atoms with Crippen molar-refractivity contribution >= 4 is 19.9 Å². The Hall–Kier alpha value is -1.61. The monoisotopic (exact) mass is 199 g/mol. The summed E-state index contributed by atoms with van der Waals surface area (Å²) in [6.07, 6.45) is 1.78. The van der Waals surface area contributed by atoms with E-state index in [0.717, 1.165) is 11.6 Å². The number of aromatic nitrogens is 1. The van der Waals surface area contributed by atoms with Crippen molar-refractivity contribution in [2.24, 2.45) is 0 Å². The fraction of sp³-hybridized carbons (Fsp3) is 0. The molecule has 2 aromatic rings. The number of hydrogen-bond donors (Lipinski definition) is 0. The maximum Gasteiger partial charge on any atom is 0.218 e. The summed E-state index contributed by atoms with van der Waals surface area (Å²) in [6.45, 7) is 0. The number of rotatable bonds is 0. The molecule has 3 heteroatoms. The number of pyridine rings is 1. The largest absolute Gasteiger partial charge is 0.439 e. The molecule has 1 aromatic heterocycles. The van der Waals surface area contributed by atoms with Gasteiger partial charge in [-0.25, -0.2) is 4.98 Å². The standard InChI is InChI=1S/C11H9NOSi/c1-2-5-9-8(4-1)13-11-10(14-9)6-3-7-12-11/h1-7H,14H2. The Morgan fingerprint density at radius 1 is 1.00 bits per heavy atom. The zero-order chi connectivity index (χ0) is 9.38. The van der Waals surface area contributed by atoms with Gasteiger partial charge in [-0.1, -0.05) is 24.3 Å². The first-order valence-corrected chi connectivity index (χ1v) is 6.04. The average Bonchev–Trinajstić information content (AvgIpc) is 2.26. The molecule has 0 bridgehead atoms. The van der Waals surface area contributed by atoms with Crippen molar-refractivity contribution in [3.05, 3.63) is 42.6 Å². The van der Waals surface area contributed by atoms with Gasteiger partial charge in [0.2, 0.25) is 5.88 Å². The molecule has 0 radical (unpaired) electrons. The van der Waals surface area contributed by atoms with E-state index in [-0.39, 0.29) is 9.52 Å². The molecule has 0 amide bonds. The lowest BCUT2D eigenvalue weighted by molar-refractivity contribution is 0.468. The van der Waals surface area contributed by atoms with E-state index in [0.29, 0.717) is 0 Å². The highest BCUT2D eigenvalue weighted by atomic mass is 28.2. The minimum atomic E-state index is -0.382. The minimum Gasteiger partial charge on any atom is -0.439 e. The Kier molecular flexibility index (Phi) is 1.64. The first-order valence-electron chi connectivity index (χ1n) is 4.63. The third-order valence-corrected chi connectivity index (χ3v) is 4.29. The van der Waals surface area contributed by atoms with Crippen molar-refractivity contribution < 1.29 is 4.74 Å². The zero-order valence-electron chi connectivity index (χ0n) is 7.60. The molecular formula is C11H9NOSi. The van der Waals surface area contributed by atoms with E-state index in [1.54, 1.807) is 6.20 Å². The number of fused-ring (bicyclic) bond motifs is 2. The van der Waals surface area contributed by atoms with Crippen molar-refractivity contribution in [1.29, 1.82) is 0 Å². The predicted octanol–water partition coefficient (Wildman–Crippen LogP) is 0.307. The molecule has 0 unspecified atom stereocenters. The normalized spacial score (nSPS) is 14.3. The summed E-state index contributed by atoms with van der Waals surface area (Å²) in [7, 11) is -0.382. The third-order valence-electron chi connectivity index (χ3n) is 2.41. The number of benzene rings is 1. The molecule has 2 nitrogen and oxygen atoms in total. The second kappa shape index (κ2) is 2.96. The molecule has 3 rings (SSSR count). The van der Waals surface area contributed by atoms with E-state index in [9.17, 15) is 0 Å². The van der Waals surface area contributed by atoms with Crippen LogP contribution in [0.2, 0.25) is 0 Å². The van der Waals surface area contributed by atoms with Crippen LogP contribution in [0.1, 0.15) is 0 Å². The first kappa shape index (κ1) is 7.76. The summed E-state index contributed by atoms with van der Waals surface area (Å²) < 4.78 is 5.70. The molecule has 0 fully saturated rings. The number of nitrogens with zero attached hydrogens (tertiary/aromatic N) is 1. The molecule has 0 aliphatic carbocycles. The summed E-state index contributed by atoms with van der Waals surface area (Å²) in [4.78, 5) is 4.23. The van der Waals surface area contributed by atoms with Gasteiger partial charge in [0.05, 0.1) is 9.52 Å². The summed E-state index contributed by atoms with van der Waals surface area (Å²) in [5.41, 5.74) is 0. The molecule has 0 N–H and O–H groups in total. The summed E-state index contributed by atoms with van der Waals surface area (Å²) in [5.74, 6) is 1.79. The van der Waals surface area contributed by atoms with Gasteiger partial charge in [-0.05, 0) is 22.5 Å². The second-order valence-corrected chi connectivity index (χ2v) is 5.23. The molecule has 0 atom stereocenters. The second-order valence-electron chi connectivity index (χ2n) is 3.35. The van der Waals surface area contributed by atoms with E-state index >= 15 is 0 Å². The van der Waals surface area contributed by atoms with Crippen molar-refractivity contribution in [3.63, 3.8) is 0 Å². The van der Waals surface area contributed by atoms with E-state index < -0.39 is 0 Å². The molecule has 2 heterocycles. The van der Waals surface area contributed by atoms with Gasteiger partial charge in [0.25, 0.3) is 0 Å². The maximum atomic E-state index is 5.70. The van der Waals surface area contributed by atoms with Crippen LogP contribution in [0, 0.1) is 0 Å². The molecule has 68 valence electrons. The molecule has 1 aliphatic rings. The lowest BCUT2D eigenvalue weighted by atomic mass is 10.3. The van der Waals surface area contributed by atoms with Crippen molar-refractivity contribution in [2.45, 2.75) is 0 Å². The molecule has 1 aromatic carbocycles. The van der Waals surface area contributed by atoms with Crippen molar-refractivity contribution in [1.82, 2.24) is 4.98 Å². The van der Waals surface area contributed by atoms with E-state index in [1.807, 2.05) is 18.2 Å². The highest BCUT2D eigenvalue weighted by Gasteiger charge is 2.16. The Labute approximate surface area is 84.4 Å². The van der Waals surface area contributed by atoms with E-state index in [1.165, 1.54) is 10.4 Å². The van der Waals surface area contributed by atoms with Crippen LogP contribution in [0.15, 0.2) is 42.6 Å². The van der Waals surface area contributed by atoms with Crippen LogP contribution in [-0.4, -0.2) is 14.5 Å². The fourth-order valence-electron chi connectivity index (χ4n) is 1.71. The Morgan fingerprint density at radius 3 is 2.86 bits per heavy atom. The van der Waals surface area contributed by atoms with Gasteiger partial charge in [-0.2, -0.15) is 0 Å². The number of para-hydroxylation sites is 1. The lowest BCUT2D eigenvalue weighted by Gasteiger charge is -2.17. The smallest absolute Gasteiger partial charge is 0.218 e. The van der Waals surface area contributed by atoms with Crippen LogP contribution in [0.4, 0.5) is 0 Å². The summed E-state index contributed by atoms with van der Waals surface area (Å²) in [6, 6.07) is 12.3. The quantitative estimate of drug-likeness (QED) is 0.486. The highest BCUT2D eigenvalue weighted by Crippen LogP contribution is 2.18. The van der Waals surface area contributed by atoms with Crippen molar-refractivity contribution in [2.75, 3.05) is 0 Å². The topological polar surface area (TPSA) is 22.1 Å². The van der Waals surface area contributed by atoms with Crippen LogP contribution in [-0.2, 0) is 0 Å².